The number of ether oxygens (including phenoxy) is 2. The Balaban J connectivity index is 2.43. The van der Waals surface area contributed by atoms with Gasteiger partial charge in [0.15, 0.2) is 5.11 Å². The zero-order chi connectivity index (χ0) is 11.8. The maximum absolute atomic E-state index is 5.11. The second-order valence-corrected chi connectivity index (χ2v) is 3.51. The first kappa shape index (κ1) is 12.7. The van der Waals surface area contributed by atoms with Crippen LogP contribution in [-0.2, 0) is 4.74 Å². The molecule has 0 aromatic heterocycles. The van der Waals surface area contributed by atoms with Crippen LogP contribution in [0.15, 0.2) is 24.3 Å². The monoisotopic (exact) mass is 240 g/mol. The standard InChI is InChI=1S/C11H16N2O2S/c1-14-7-6-12-11(16)13-9-4-3-5-10(8-9)15-2/h3-5,8H,6-7H2,1-2H3,(H2,12,13,16). The van der Waals surface area contributed by atoms with Crippen LogP contribution < -0.4 is 15.4 Å². The Morgan fingerprint density at radius 3 is 2.88 bits per heavy atom. The molecular weight excluding hydrogens is 224 g/mol. The predicted octanol–water partition coefficient (Wildman–Crippen LogP) is 1.63. The normalized spacial score (nSPS) is 9.62. The van der Waals surface area contributed by atoms with Crippen LogP contribution in [0.25, 0.3) is 0 Å². The summed E-state index contributed by atoms with van der Waals surface area (Å²) in [5, 5.41) is 6.66. The van der Waals surface area contributed by atoms with Gasteiger partial charge in [-0.25, -0.2) is 0 Å². The van der Waals surface area contributed by atoms with Gasteiger partial charge >= 0.3 is 0 Å². The van der Waals surface area contributed by atoms with E-state index in [0.717, 1.165) is 11.4 Å². The van der Waals surface area contributed by atoms with Gasteiger partial charge in [-0.2, -0.15) is 0 Å². The van der Waals surface area contributed by atoms with Gasteiger partial charge in [0.2, 0.25) is 0 Å². The lowest BCUT2D eigenvalue weighted by Crippen LogP contribution is -2.31. The van der Waals surface area contributed by atoms with Crippen molar-refractivity contribution in [1.82, 2.24) is 5.32 Å². The fraction of sp³-hybridized carbons (Fsp3) is 0.364. The Morgan fingerprint density at radius 1 is 1.38 bits per heavy atom. The van der Waals surface area contributed by atoms with Crippen LogP contribution in [0.4, 0.5) is 5.69 Å². The highest BCUT2D eigenvalue weighted by atomic mass is 32.1. The second kappa shape index (κ2) is 7.03. The number of thiocarbonyl (C=S) groups is 1. The summed E-state index contributed by atoms with van der Waals surface area (Å²) < 4.78 is 10.0. The summed E-state index contributed by atoms with van der Waals surface area (Å²) in [5.41, 5.74) is 0.897. The summed E-state index contributed by atoms with van der Waals surface area (Å²) in [6.07, 6.45) is 0. The van der Waals surface area contributed by atoms with Crippen molar-refractivity contribution in [2.75, 3.05) is 32.7 Å². The number of rotatable bonds is 5. The molecular formula is C11H16N2O2S. The highest BCUT2D eigenvalue weighted by molar-refractivity contribution is 7.80. The average Bonchev–Trinajstić information content (AvgIpc) is 2.29. The molecule has 0 fully saturated rings. The topological polar surface area (TPSA) is 42.5 Å². The van der Waals surface area contributed by atoms with Gasteiger partial charge in [0.05, 0.1) is 13.7 Å². The van der Waals surface area contributed by atoms with Crippen molar-refractivity contribution in [2.45, 2.75) is 0 Å². The molecule has 88 valence electrons. The Kier molecular flexibility index (Phi) is 5.60. The third-order valence-corrected chi connectivity index (χ3v) is 2.17. The maximum atomic E-state index is 5.11. The van der Waals surface area contributed by atoms with E-state index >= 15 is 0 Å². The quantitative estimate of drug-likeness (QED) is 0.605. The summed E-state index contributed by atoms with van der Waals surface area (Å²) >= 11 is 5.11. The van der Waals surface area contributed by atoms with E-state index in [-0.39, 0.29) is 0 Å². The maximum Gasteiger partial charge on any atom is 0.170 e. The minimum absolute atomic E-state index is 0.574. The van der Waals surface area contributed by atoms with E-state index in [1.54, 1.807) is 14.2 Å². The highest BCUT2D eigenvalue weighted by Gasteiger charge is 1.98. The minimum atomic E-state index is 0.574. The lowest BCUT2D eigenvalue weighted by atomic mass is 10.3. The van der Waals surface area contributed by atoms with Crippen molar-refractivity contribution in [1.29, 1.82) is 0 Å². The first-order valence-corrected chi connectivity index (χ1v) is 5.35. The molecule has 0 saturated carbocycles. The van der Waals surface area contributed by atoms with E-state index in [9.17, 15) is 0 Å². The number of hydrogen-bond acceptors (Lipinski definition) is 3. The van der Waals surface area contributed by atoms with Crippen LogP contribution in [0.3, 0.4) is 0 Å². The van der Waals surface area contributed by atoms with Crippen LogP contribution in [0.2, 0.25) is 0 Å². The van der Waals surface area contributed by atoms with E-state index in [1.165, 1.54) is 0 Å². The summed E-state index contributed by atoms with van der Waals surface area (Å²) in [7, 11) is 3.29. The number of methoxy groups -OCH3 is 2. The van der Waals surface area contributed by atoms with E-state index in [4.69, 9.17) is 21.7 Å². The number of benzene rings is 1. The molecule has 0 unspecified atom stereocenters. The zero-order valence-electron chi connectivity index (χ0n) is 9.45. The number of hydrogen-bond donors (Lipinski definition) is 2. The van der Waals surface area contributed by atoms with Crippen LogP contribution in [-0.4, -0.2) is 32.5 Å². The van der Waals surface area contributed by atoms with Crippen LogP contribution in [0.5, 0.6) is 5.75 Å². The zero-order valence-corrected chi connectivity index (χ0v) is 10.3. The molecule has 16 heavy (non-hydrogen) atoms. The van der Waals surface area contributed by atoms with Crippen molar-refractivity contribution in [3.8, 4) is 5.75 Å². The third-order valence-electron chi connectivity index (χ3n) is 1.92. The van der Waals surface area contributed by atoms with Gasteiger partial charge < -0.3 is 20.1 Å². The summed E-state index contributed by atoms with van der Waals surface area (Å²) in [4.78, 5) is 0. The minimum Gasteiger partial charge on any atom is -0.497 e. The molecule has 0 heterocycles. The van der Waals surface area contributed by atoms with E-state index in [2.05, 4.69) is 10.6 Å². The molecule has 0 aliphatic rings. The van der Waals surface area contributed by atoms with Crippen molar-refractivity contribution in [3.63, 3.8) is 0 Å². The molecule has 1 rings (SSSR count). The molecule has 0 spiro atoms. The average molecular weight is 240 g/mol. The van der Waals surface area contributed by atoms with Gasteiger partial charge in [0, 0.05) is 25.4 Å². The first-order chi connectivity index (χ1) is 7.76. The summed E-state index contributed by atoms with van der Waals surface area (Å²) in [6.45, 7) is 1.31. The molecule has 0 atom stereocenters. The Morgan fingerprint density at radius 2 is 2.19 bits per heavy atom. The summed E-state index contributed by atoms with van der Waals surface area (Å²) in [6, 6.07) is 7.59. The fourth-order valence-corrected chi connectivity index (χ4v) is 1.36. The van der Waals surface area contributed by atoms with Crippen LogP contribution in [0, 0.1) is 0 Å². The van der Waals surface area contributed by atoms with Gasteiger partial charge in [0.25, 0.3) is 0 Å². The molecule has 1 aromatic rings. The Bertz CT molecular complexity index is 345. The van der Waals surface area contributed by atoms with Crippen molar-refractivity contribution in [2.24, 2.45) is 0 Å². The Labute approximate surface area is 101 Å². The summed E-state index contributed by atoms with van der Waals surface area (Å²) in [5.74, 6) is 0.796. The lowest BCUT2D eigenvalue weighted by Gasteiger charge is -2.10. The molecule has 1 aromatic carbocycles. The molecule has 2 N–H and O–H groups in total. The molecule has 0 aliphatic carbocycles. The van der Waals surface area contributed by atoms with E-state index in [0.29, 0.717) is 18.3 Å². The van der Waals surface area contributed by atoms with E-state index in [1.807, 2.05) is 24.3 Å². The fourth-order valence-electron chi connectivity index (χ4n) is 1.14. The molecule has 0 bridgehead atoms. The van der Waals surface area contributed by atoms with Crippen LogP contribution in [0.1, 0.15) is 0 Å². The van der Waals surface area contributed by atoms with Crippen molar-refractivity contribution >= 4 is 23.0 Å². The first-order valence-electron chi connectivity index (χ1n) is 4.94. The largest absolute Gasteiger partial charge is 0.497 e. The predicted molar refractivity (Wildman–Crippen MR) is 69.1 cm³/mol. The number of nitrogens with one attached hydrogen (secondary N) is 2. The van der Waals surface area contributed by atoms with Crippen molar-refractivity contribution in [3.05, 3.63) is 24.3 Å². The van der Waals surface area contributed by atoms with Gasteiger partial charge in [-0.3, -0.25) is 0 Å². The Hall–Kier alpha value is -1.33. The molecule has 0 saturated heterocycles. The molecule has 4 nitrogen and oxygen atoms in total. The van der Waals surface area contributed by atoms with E-state index < -0.39 is 0 Å². The SMILES string of the molecule is COCCNC(=S)Nc1cccc(OC)c1. The molecule has 0 aliphatic heterocycles. The van der Waals surface area contributed by atoms with Crippen LogP contribution >= 0.6 is 12.2 Å². The smallest absolute Gasteiger partial charge is 0.170 e. The third kappa shape index (κ3) is 4.46. The van der Waals surface area contributed by atoms with Gasteiger partial charge in [-0.05, 0) is 24.4 Å². The van der Waals surface area contributed by atoms with Gasteiger partial charge in [-0.1, -0.05) is 6.07 Å². The van der Waals surface area contributed by atoms with Gasteiger partial charge in [-0.15, -0.1) is 0 Å². The molecule has 0 amide bonds. The lowest BCUT2D eigenvalue weighted by molar-refractivity contribution is 0.204. The van der Waals surface area contributed by atoms with Crippen molar-refractivity contribution < 1.29 is 9.47 Å². The van der Waals surface area contributed by atoms with Gasteiger partial charge in [0.1, 0.15) is 5.75 Å². The molecule has 5 heteroatoms. The highest BCUT2D eigenvalue weighted by Crippen LogP contribution is 2.16. The number of anilines is 1. The second-order valence-electron chi connectivity index (χ2n) is 3.11. The molecule has 0 radical (unpaired) electrons.